The van der Waals surface area contributed by atoms with Crippen LogP contribution in [-0.2, 0) is 22.5 Å². The molecule has 2 aromatic carbocycles. The van der Waals surface area contributed by atoms with E-state index in [1.54, 1.807) is 0 Å². The smallest absolute Gasteiger partial charge is 0.194 e. The molecule has 0 radical (unpaired) electrons. The van der Waals surface area contributed by atoms with Gasteiger partial charge in [0.25, 0.3) is 0 Å². The first-order valence-corrected chi connectivity index (χ1v) is 16.5. The minimum atomic E-state index is -2.25. The summed E-state index contributed by atoms with van der Waals surface area (Å²) >= 11 is 0.821. The van der Waals surface area contributed by atoms with E-state index in [2.05, 4.69) is 9.22 Å². The zero-order valence-corrected chi connectivity index (χ0v) is 22.4. The summed E-state index contributed by atoms with van der Waals surface area (Å²) in [5, 5.41) is 11.0. The molecular weight excluding hydrogens is 490 g/mol. The van der Waals surface area contributed by atoms with Crippen molar-refractivity contribution in [2.75, 3.05) is 32.6 Å². The highest BCUT2D eigenvalue weighted by Gasteiger charge is 2.39. The van der Waals surface area contributed by atoms with Gasteiger partial charge in [0.1, 0.15) is 14.3 Å². The van der Waals surface area contributed by atoms with E-state index in [0.29, 0.717) is 13.0 Å². The van der Waals surface area contributed by atoms with Crippen LogP contribution in [0.1, 0.15) is 38.5 Å². The Morgan fingerprint density at radius 3 is 1.82 bits per heavy atom. The maximum atomic E-state index is 13.1. The van der Waals surface area contributed by atoms with Crippen molar-refractivity contribution in [2.45, 2.75) is 49.8 Å². The minimum Gasteiger partial charge on any atom is -0.396 e. The molecule has 1 N–H and O–H groups in total. The molecule has 0 spiro atoms. The zero-order valence-electron chi connectivity index (χ0n) is 19.8. The molecule has 6 nitrogen and oxygen atoms in total. The van der Waals surface area contributed by atoms with Crippen LogP contribution in [0.2, 0.25) is 0 Å². The van der Waals surface area contributed by atoms with Crippen LogP contribution >= 0.6 is 26.6 Å². The predicted molar refractivity (Wildman–Crippen MR) is 141 cm³/mol. The van der Waals surface area contributed by atoms with Crippen LogP contribution in [0.4, 0.5) is 0 Å². The van der Waals surface area contributed by atoms with Gasteiger partial charge in [-0.3, -0.25) is 4.18 Å². The van der Waals surface area contributed by atoms with Gasteiger partial charge in [0.15, 0.2) is 12.3 Å². The molecule has 2 aromatic rings. The molecule has 188 valence electrons. The first-order valence-electron chi connectivity index (χ1n) is 11.9. The molecule has 34 heavy (non-hydrogen) atoms. The van der Waals surface area contributed by atoms with Gasteiger partial charge in [0.05, 0.1) is 13.7 Å². The van der Waals surface area contributed by atoms with Gasteiger partial charge in [-0.15, -0.1) is 4.33 Å². The minimum absolute atomic E-state index is 0.154. The highest BCUT2D eigenvalue weighted by Crippen LogP contribution is 2.58. The monoisotopic (exact) mass is 526 g/mol. The number of hydrogen-bond acceptors (Lipinski definition) is 7. The fourth-order valence-corrected chi connectivity index (χ4v) is 12.3. The molecule has 9 heteroatoms. The fourth-order valence-electron chi connectivity index (χ4n) is 5.07. The lowest BCUT2D eigenvalue weighted by Crippen LogP contribution is -2.15. The molecular formula is C25H36O6P2S. The Balaban J connectivity index is 0.000000196. The van der Waals surface area contributed by atoms with Gasteiger partial charge in [-0.1, -0.05) is 60.7 Å². The molecule has 0 amide bonds. The Morgan fingerprint density at radius 1 is 0.853 bits per heavy atom. The Hall–Kier alpha value is -0.910. The predicted octanol–water partition coefficient (Wildman–Crippen LogP) is 5.61. The van der Waals surface area contributed by atoms with E-state index in [-0.39, 0.29) is 17.9 Å². The number of benzene rings is 2. The summed E-state index contributed by atoms with van der Waals surface area (Å²) in [6.07, 6.45) is 7.23. The van der Waals surface area contributed by atoms with E-state index in [4.69, 9.17) is 9.29 Å². The third-order valence-electron chi connectivity index (χ3n) is 6.76. The third kappa shape index (κ3) is 7.07. The van der Waals surface area contributed by atoms with Crippen molar-refractivity contribution in [3.63, 3.8) is 0 Å². The van der Waals surface area contributed by atoms with Crippen molar-refractivity contribution in [3.05, 3.63) is 60.7 Å². The van der Waals surface area contributed by atoms with Gasteiger partial charge in [-0.05, 0) is 38.5 Å². The maximum absolute atomic E-state index is 13.1. The molecule has 0 unspecified atom stereocenters. The molecule has 4 rings (SSSR count). The van der Waals surface area contributed by atoms with Crippen molar-refractivity contribution in [1.82, 2.24) is 0 Å². The fraction of sp³-hybridized carbons (Fsp3) is 0.520. The van der Waals surface area contributed by atoms with Gasteiger partial charge in [0.2, 0.25) is 0 Å². The summed E-state index contributed by atoms with van der Waals surface area (Å²) in [6.45, 7) is 0.678. The summed E-state index contributed by atoms with van der Waals surface area (Å²) in [4.78, 5) is 4.41. The van der Waals surface area contributed by atoms with E-state index < -0.39 is 14.3 Å². The first kappa shape index (κ1) is 27.7. The van der Waals surface area contributed by atoms with Crippen molar-refractivity contribution in [1.29, 1.82) is 0 Å². The number of aliphatic hydroxyl groups is 1. The van der Waals surface area contributed by atoms with Gasteiger partial charge in [-0.2, -0.15) is 0 Å². The topological polar surface area (TPSA) is 82.1 Å². The van der Waals surface area contributed by atoms with Crippen LogP contribution in [0.5, 0.6) is 0 Å². The lowest BCUT2D eigenvalue weighted by atomic mass is 10.2. The molecule has 2 aliphatic rings. The molecule has 2 fully saturated rings. The first-order chi connectivity index (χ1) is 16.5. The summed E-state index contributed by atoms with van der Waals surface area (Å²) in [5.41, 5.74) is 0.447. The normalized spacial score (nSPS) is 28.4. The van der Waals surface area contributed by atoms with Crippen LogP contribution < -0.4 is 10.6 Å². The van der Waals surface area contributed by atoms with E-state index in [0.717, 1.165) is 67.4 Å². The lowest BCUT2D eigenvalue weighted by Gasteiger charge is -2.20. The van der Waals surface area contributed by atoms with Crippen molar-refractivity contribution in [3.8, 4) is 0 Å². The van der Waals surface area contributed by atoms with Gasteiger partial charge >= 0.3 is 0 Å². The highest BCUT2D eigenvalue weighted by atomic mass is 32.2. The van der Waals surface area contributed by atoms with Crippen molar-refractivity contribution < 1.29 is 27.6 Å². The Kier molecular flexibility index (Phi) is 11.4. The number of rotatable bonds is 10. The van der Waals surface area contributed by atoms with Crippen LogP contribution in [0.3, 0.4) is 0 Å². The van der Waals surface area contributed by atoms with Crippen molar-refractivity contribution >= 4 is 37.2 Å². The van der Waals surface area contributed by atoms with E-state index in [9.17, 15) is 9.13 Å². The SMILES string of the molecule is COOSOCC[C@H]1CCC[P@]1(=O)c1ccccc1.O=[P@]1(c2ccccc2)CCC[C@@H]1CCO. The van der Waals surface area contributed by atoms with Gasteiger partial charge in [0, 0.05) is 40.9 Å². The molecule has 0 saturated carbocycles. The zero-order chi connectivity index (χ0) is 24.3. The Bertz CT molecular complexity index is 943. The van der Waals surface area contributed by atoms with Gasteiger partial charge in [-0.25, -0.2) is 4.89 Å². The standard InChI is InChI=1S/C13H19O4PS.C12H17O2P/c1-15-17-19-16-10-9-13-8-5-11-18(13,14)12-6-3-2-4-7-12;13-9-8-12-7-4-10-15(12,14)11-5-2-1-3-6-11/h2-4,6-7,13H,5,8-11H2,1H3;1-3,5-6,12-13H,4,7-10H2/t13-,18+;12-,15+/m11/s1. The summed E-state index contributed by atoms with van der Waals surface area (Å²) < 4.78 is 35.7. The quantitative estimate of drug-likeness (QED) is 0.142. The number of aliphatic hydroxyl groups excluding tert-OH is 1. The second-order valence-corrected chi connectivity index (χ2v) is 15.8. The summed E-state index contributed by atoms with van der Waals surface area (Å²) in [6, 6.07) is 19.6. The molecule has 4 atom stereocenters. The van der Waals surface area contributed by atoms with E-state index >= 15 is 0 Å². The second kappa shape index (κ2) is 14.0. The highest BCUT2D eigenvalue weighted by molar-refractivity contribution is 7.89. The molecule has 2 saturated heterocycles. The third-order valence-corrected chi connectivity index (χ3v) is 14.9. The average Bonchev–Trinajstić information content (AvgIpc) is 3.44. The Labute approximate surface area is 207 Å². The van der Waals surface area contributed by atoms with Crippen molar-refractivity contribution in [2.24, 2.45) is 0 Å². The maximum Gasteiger partial charge on any atom is 0.194 e. The average molecular weight is 527 g/mol. The summed E-state index contributed by atoms with van der Waals surface area (Å²) in [5.74, 6) is 0. The van der Waals surface area contributed by atoms with Crippen LogP contribution in [-0.4, -0.2) is 49.1 Å². The van der Waals surface area contributed by atoms with Crippen LogP contribution in [0.25, 0.3) is 0 Å². The Morgan fingerprint density at radius 2 is 1.35 bits per heavy atom. The lowest BCUT2D eigenvalue weighted by molar-refractivity contribution is -0.166. The molecule has 0 aliphatic carbocycles. The largest absolute Gasteiger partial charge is 0.396 e. The summed E-state index contributed by atoms with van der Waals surface area (Å²) in [7, 11) is -3.03. The molecule has 0 bridgehead atoms. The number of hydrogen-bond donors (Lipinski definition) is 1. The van der Waals surface area contributed by atoms with E-state index in [1.807, 2.05) is 60.7 Å². The van der Waals surface area contributed by atoms with Crippen LogP contribution in [0.15, 0.2) is 60.7 Å². The molecule has 0 aromatic heterocycles. The van der Waals surface area contributed by atoms with E-state index in [1.165, 1.54) is 7.11 Å². The van der Waals surface area contributed by atoms with Crippen LogP contribution in [0, 0.1) is 0 Å². The van der Waals surface area contributed by atoms with Gasteiger partial charge < -0.3 is 14.2 Å². The molecule has 2 heterocycles. The molecule has 2 aliphatic heterocycles. The second-order valence-electron chi connectivity index (χ2n) is 8.73.